The smallest absolute Gasteiger partial charge is 0.475 e. The van der Waals surface area contributed by atoms with Gasteiger partial charge in [-0.3, -0.25) is 0 Å². The van der Waals surface area contributed by atoms with Crippen LogP contribution in [0.5, 0.6) is 11.5 Å². The van der Waals surface area contributed by atoms with E-state index in [1.807, 2.05) is 0 Å². The van der Waals surface area contributed by atoms with Gasteiger partial charge in [0.15, 0.2) is 0 Å². The molecular weight excluding hydrogens is 370 g/mol. The van der Waals surface area contributed by atoms with Gasteiger partial charge < -0.3 is 14.2 Å². The average molecular weight is 384 g/mol. The third-order valence-corrected chi connectivity index (χ3v) is 3.42. The number of benzene rings is 1. The summed E-state index contributed by atoms with van der Waals surface area (Å²) in [5, 5.41) is 0. The summed E-state index contributed by atoms with van der Waals surface area (Å²) >= 11 is 0. The second-order valence-electron chi connectivity index (χ2n) is 5.26. The molecule has 0 unspecified atom stereocenters. The van der Waals surface area contributed by atoms with Gasteiger partial charge in [0.2, 0.25) is 6.10 Å². The Morgan fingerprint density at radius 2 is 1.81 bits per heavy atom. The van der Waals surface area contributed by atoms with Crippen molar-refractivity contribution in [2.75, 3.05) is 6.61 Å². The normalized spacial score (nSPS) is 17.1. The van der Waals surface area contributed by atoms with E-state index < -0.39 is 35.9 Å². The van der Waals surface area contributed by atoms with E-state index in [0.29, 0.717) is 0 Å². The predicted octanol–water partition coefficient (Wildman–Crippen LogP) is 4.42. The quantitative estimate of drug-likeness (QED) is 0.570. The molecule has 0 fully saturated rings. The van der Waals surface area contributed by atoms with Crippen LogP contribution in [-0.2, 0) is 16.0 Å². The molecule has 10 heteroatoms. The summed E-state index contributed by atoms with van der Waals surface area (Å²) < 4.78 is 90.5. The lowest BCUT2D eigenvalue weighted by atomic mass is 9.97. The van der Waals surface area contributed by atoms with Crippen LogP contribution in [0.2, 0.25) is 0 Å². The largest absolute Gasteiger partial charge is 0.573 e. The highest BCUT2D eigenvalue weighted by Crippen LogP contribution is 2.42. The molecule has 2 rings (SSSR count). The summed E-state index contributed by atoms with van der Waals surface area (Å²) in [6, 6.07) is 1.80. The van der Waals surface area contributed by atoms with Gasteiger partial charge >= 0.3 is 18.5 Å². The third-order valence-electron chi connectivity index (χ3n) is 3.42. The lowest BCUT2D eigenvalue weighted by Gasteiger charge is -2.29. The van der Waals surface area contributed by atoms with Crippen LogP contribution in [-0.4, -0.2) is 31.2 Å². The van der Waals surface area contributed by atoms with E-state index in [1.165, 1.54) is 13.8 Å². The highest BCUT2D eigenvalue weighted by atomic mass is 19.4. The van der Waals surface area contributed by atoms with Gasteiger partial charge in [-0.15, -0.1) is 13.2 Å². The fraction of sp³-hybridized carbons (Fsp3) is 0.438. The minimum atomic E-state index is -4.98. The average Bonchev–Trinajstić information content (AvgIpc) is 2.50. The molecule has 0 aliphatic carbocycles. The monoisotopic (exact) mass is 384 g/mol. The molecule has 4 nitrogen and oxygen atoms in total. The lowest BCUT2D eigenvalue weighted by Crippen LogP contribution is -2.41. The number of carbonyl (C=O) groups is 1. The maximum atomic E-state index is 13.3. The van der Waals surface area contributed by atoms with Gasteiger partial charge in [0.25, 0.3) is 0 Å². The fourth-order valence-electron chi connectivity index (χ4n) is 2.44. The summed E-state index contributed by atoms with van der Waals surface area (Å²) in [6.45, 7) is 2.76. The first-order chi connectivity index (χ1) is 12.0. The number of rotatable bonds is 4. The first-order valence-corrected chi connectivity index (χ1v) is 7.51. The molecule has 1 aliphatic heterocycles. The Morgan fingerprint density at radius 3 is 2.31 bits per heavy atom. The van der Waals surface area contributed by atoms with Crippen molar-refractivity contribution in [2.24, 2.45) is 0 Å². The number of carbonyl (C=O) groups excluding carboxylic acids is 1. The van der Waals surface area contributed by atoms with Crippen LogP contribution in [0.4, 0.5) is 26.3 Å². The number of aryl methyl sites for hydroxylation is 1. The van der Waals surface area contributed by atoms with Crippen molar-refractivity contribution < 1.29 is 45.3 Å². The van der Waals surface area contributed by atoms with E-state index in [2.05, 4.69) is 9.47 Å². The molecule has 0 bridgehead atoms. The SMILES string of the molecule is CCOC(=O)C1=Cc2cc(OC(F)(F)F)cc(CC)c2O[C@H]1C(F)(F)F. The fourth-order valence-corrected chi connectivity index (χ4v) is 2.44. The zero-order chi connectivity index (χ0) is 19.7. The Hall–Kier alpha value is -2.39. The molecule has 1 atom stereocenters. The molecule has 1 heterocycles. The second kappa shape index (κ2) is 7.08. The van der Waals surface area contributed by atoms with Crippen LogP contribution in [0, 0.1) is 0 Å². The molecule has 0 amide bonds. The number of alkyl halides is 6. The molecule has 0 aromatic heterocycles. The molecule has 0 saturated carbocycles. The van der Waals surface area contributed by atoms with E-state index in [0.717, 1.165) is 18.2 Å². The van der Waals surface area contributed by atoms with Crippen LogP contribution < -0.4 is 9.47 Å². The van der Waals surface area contributed by atoms with Crippen molar-refractivity contribution in [2.45, 2.75) is 38.9 Å². The van der Waals surface area contributed by atoms with Crippen LogP contribution in [0.3, 0.4) is 0 Å². The molecule has 1 aromatic carbocycles. The Morgan fingerprint density at radius 1 is 1.15 bits per heavy atom. The third kappa shape index (κ3) is 4.41. The summed E-state index contributed by atoms with van der Waals surface area (Å²) in [5.41, 5.74) is -0.902. The van der Waals surface area contributed by atoms with Crippen molar-refractivity contribution in [3.8, 4) is 11.5 Å². The number of hydrogen-bond acceptors (Lipinski definition) is 4. The highest BCUT2D eigenvalue weighted by molar-refractivity contribution is 5.96. The summed E-state index contributed by atoms with van der Waals surface area (Å²) in [5.74, 6) is -2.14. The Labute approximate surface area is 144 Å². The Kier molecular flexibility index (Phi) is 5.43. The molecule has 0 N–H and O–H groups in total. The summed E-state index contributed by atoms with van der Waals surface area (Å²) in [6.07, 6.45) is -11.6. The first kappa shape index (κ1) is 19.9. The number of hydrogen-bond donors (Lipinski definition) is 0. The number of halogens is 6. The van der Waals surface area contributed by atoms with Gasteiger partial charge in [-0.1, -0.05) is 6.92 Å². The van der Waals surface area contributed by atoms with Gasteiger partial charge in [0, 0.05) is 5.56 Å². The topological polar surface area (TPSA) is 44.8 Å². The van der Waals surface area contributed by atoms with Gasteiger partial charge in [0.05, 0.1) is 12.2 Å². The second-order valence-corrected chi connectivity index (χ2v) is 5.26. The molecule has 0 spiro atoms. The van der Waals surface area contributed by atoms with Gasteiger partial charge in [0.1, 0.15) is 11.5 Å². The number of esters is 1. The maximum Gasteiger partial charge on any atom is 0.573 e. The molecular formula is C16H14F6O4. The molecule has 0 radical (unpaired) electrons. The molecule has 0 saturated heterocycles. The minimum absolute atomic E-state index is 0.0789. The highest BCUT2D eigenvalue weighted by Gasteiger charge is 2.49. The summed E-state index contributed by atoms with van der Waals surface area (Å²) in [4.78, 5) is 11.9. The molecule has 1 aliphatic rings. The van der Waals surface area contributed by atoms with Crippen molar-refractivity contribution in [1.29, 1.82) is 0 Å². The van der Waals surface area contributed by atoms with Crippen molar-refractivity contribution in [3.63, 3.8) is 0 Å². The molecule has 26 heavy (non-hydrogen) atoms. The standard InChI is InChI=1S/C16H14F6O4/c1-3-8-5-10(26-16(20,21)22)6-9-7-11(14(23)24-4-2)13(15(17,18)19)25-12(8)9/h5-7,13H,3-4H2,1-2H3/t13-/m1/s1. The van der Waals surface area contributed by atoms with E-state index in [-0.39, 0.29) is 29.9 Å². The number of ether oxygens (including phenoxy) is 3. The first-order valence-electron chi connectivity index (χ1n) is 7.51. The van der Waals surface area contributed by atoms with Crippen LogP contribution >= 0.6 is 0 Å². The van der Waals surface area contributed by atoms with Crippen molar-refractivity contribution >= 4 is 12.0 Å². The van der Waals surface area contributed by atoms with Crippen molar-refractivity contribution in [1.82, 2.24) is 0 Å². The molecule has 1 aromatic rings. The summed E-state index contributed by atoms with van der Waals surface area (Å²) in [7, 11) is 0. The zero-order valence-corrected chi connectivity index (χ0v) is 13.6. The Bertz CT molecular complexity index is 721. The minimum Gasteiger partial charge on any atom is -0.475 e. The van der Waals surface area contributed by atoms with E-state index in [1.54, 1.807) is 0 Å². The number of fused-ring (bicyclic) bond motifs is 1. The maximum absolute atomic E-state index is 13.3. The van der Waals surface area contributed by atoms with E-state index in [4.69, 9.17) is 4.74 Å². The van der Waals surface area contributed by atoms with Crippen LogP contribution in [0.1, 0.15) is 25.0 Å². The van der Waals surface area contributed by atoms with Crippen LogP contribution in [0.25, 0.3) is 6.08 Å². The predicted molar refractivity (Wildman–Crippen MR) is 77.6 cm³/mol. The Balaban J connectivity index is 2.58. The van der Waals surface area contributed by atoms with E-state index in [9.17, 15) is 31.1 Å². The zero-order valence-electron chi connectivity index (χ0n) is 13.6. The van der Waals surface area contributed by atoms with Gasteiger partial charge in [-0.2, -0.15) is 13.2 Å². The molecule has 144 valence electrons. The van der Waals surface area contributed by atoms with Crippen molar-refractivity contribution in [3.05, 3.63) is 28.8 Å². The van der Waals surface area contributed by atoms with Crippen LogP contribution in [0.15, 0.2) is 17.7 Å². The van der Waals surface area contributed by atoms with E-state index >= 15 is 0 Å². The van der Waals surface area contributed by atoms with Gasteiger partial charge in [-0.05, 0) is 37.1 Å². The van der Waals surface area contributed by atoms with Gasteiger partial charge in [-0.25, -0.2) is 4.79 Å². The lowest BCUT2D eigenvalue weighted by molar-refractivity contribution is -0.274.